The van der Waals surface area contributed by atoms with Crippen LogP contribution in [0.4, 0.5) is 0 Å². The maximum atomic E-state index is 11.8. The van der Waals surface area contributed by atoms with Crippen LogP contribution >= 0.6 is 0 Å². The van der Waals surface area contributed by atoms with Crippen LogP contribution < -0.4 is 5.73 Å². The minimum Gasteiger partial charge on any atom is -0.454 e. The van der Waals surface area contributed by atoms with E-state index in [1.807, 2.05) is 0 Å². The van der Waals surface area contributed by atoms with E-state index in [-0.39, 0.29) is 18.0 Å². The first kappa shape index (κ1) is 28.8. The summed E-state index contributed by atoms with van der Waals surface area (Å²) >= 11 is 0. The molecule has 0 aliphatic carbocycles. The maximum absolute atomic E-state index is 11.8. The molecule has 1 aromatic carbocycles. The van der Waals surface area contributed by atoms with Crippen LogP contribution in [0, 0.1) is 5.92 Å². The Kier molecular flexibility index (Phi) is 15.9. The van der Waals surface area contributed by atoms with Crippen molar-refractivity contribution in [2.75, 3.05) is 6.61 Å². The fourth-order valence-electron chi connectivity index (χ4n) is 3.62. The molecule has 0 saturated heterocycles. The fraction of sp³-hybridized carbons (Fsp3) is 0.667. The van der Waals surface area contributed by atoms with E-state index in [9.17, 15) is 14.4 Å². The molecule has 0 aliphatic rings. The highest BCUT2D eigenvalue weighted by molar-refractivity contribution is 5.97. The van der Waals surface area contributed by atoms with Crippen LogP contribution in [-0.4, -0.2) is 30.6 Å². The van der Waals surface area contributed by atoms with Crippen LogP contribution in [0.5, 0.6) is 0 Å². The van der Waals surface area contributed by atoms with Crippen molar-refractivity contribution in [3.63, 3.8) is 0 Å². The molecule has 1 aromatic rings. The molecule has 0 spiro atoms. The predicted molar refractivity (Wildman–Crippen MR) is 131 cm³/mol. The van der Waals surface area contributed by atoms with Gasteiger partial charge >= 0.3 is 17.9 Å². The van der Waals surface area contributed by atoms with Gasteiger partial charge in [-0.15, -0.1) is 0 Å². The van der Waals surface area contributed by atoms with Gasteiger partial charge in [0.1, 0.15) is 0 Å². The van der Waals surface area contributed by atoms with Crippen LogP contribution in [0.2, 0.25) is 0 Å². The van der Waals surface area contributed by atoms with Gasteiger partial charge in [-0.2, -0.15) is 0 Å². The van der Waals surface area contributed by atoms with Crippen LogP contribution in [0.1, 0.15) is 108 Å². The largest absolute Gasteiger partial charge is 0.454 e. The van der Waals surface area contributed by atoms with Gasteiger partial charge in [0.15, 0.2) is 6.61 Å². The summed E-state index contributed by atoms with van der Waals surface area (Å²) in [6, 6.07) is 8.12. The second kappa shape index (κ2) is 18.2. The molecule has 1 unspecified atom stereocenters. The molecule has 0 fully saturated rings. The molecule has 2 N–H and O–H groups in total. The molecule has 0 amide bonds. The lowest BCUT2D eigenvalue weighted by Crippen LogP contribution is -2.23. The van der Waals surface area contributed by atoms with E-state index >= 15 is 0 Å². The second-order valence-electron chi connectivity index (χ2n) is 9.24. The van der Waals surface area contributed by atoms with Gasteiger partial charge in [0.2, 0.25) is 0 Å². The third-order valence-corrected chi connectivity index (χ3v) is 5.64. The van der Waals surface area contributed by atoms with Crippen LogP contribution in [-0.2, 0) is 19.1 Å². The van der Waals surface area contributed by atoms with Crippen LogP contribution in [0.15, 0.2) is 30.3 Å². The molecule has 0 radical (unpaired) electrons. The molecular weight excluding hydrogens is 418 g/mol. The summed E-state index contributed by atoms with van der Waals surface area (Å²) in [5.74, 6) is -1.34. The standard InChI is InChI=1S/C27H43NO5/c1-22(2)15-11-8-6-4-3-5-7-9-14-18-24(28)19-20-25(29)32-21-26(30)33-27(31)23-16-12-10-13-17-23/h10,12-13,16-17,22,24H,3-9,11,14-15,18-21,28H2,1-2H3. The van der Waals surface area contributed by atoms with Gasteiger partial charge in [-0.1, -0.05) is 96.3 Å². The first-order valence-electron chi connectivity index (χ1n) is 12.6. The SMILES string of the molecule is CC(C)CCCCCCCCCCCC(N)CCC(=O)OCC(=O)OC(=O)c1ccccc1. The molecule has 6 nitrogen and oxygen atoms in total. The Morgan fingerprint density at radius 2 is 1.30 bits per heavy atom. The van der Waals surface area contributed by atoms with Crippen molar-refractivity contribution in [3.05, 3.63) is 35.9 Å². The van der Waals surface area contributed by atoms with Crippen molar-refractivity contribution in [1.82, 2.24) is 0 Å². The van der Waals surface area contributed by atoms with E-state index in [2.05, 4.69) is 18.6 Å². The molecule has 0 heterocycles. The second-order valence-corrected chi connectivity index (χ2v) is 9.24. The smallest absolute Gasteiger partial charge is 0.352 e. The van der Waals surface area contributed by atoms with Gasteiger partial charge < -0.3 is 15.2 Å². The van der Waals surface area contributed by atoms with E-state index < -0.39 is 24.5 Å². The molecule has 1 rings (SSSR count). The predicted octanol–water partition coefficient (Wildman–Crippen LogP) is 5.97. The molecule has 0 bridgehead atoms. The van der Waals surface area contributed by atoms with E-state index in [1.165, 1.54) is 57.8 Å². The topological polar surface area (TPSA) is 95.7 Å². The number of unbranched alkanes of at least 4 members (excludes halogenated alkanes) is 8. The number of benzene rings is 1. The number of rotatable bonds is 18. The summed E-state index contributed by atoms with van der Waals surface area (Å²) in [7, 11) is 0. The third kappa shape index (κ3) is 16.1. The van der Waals surface area contributed by atoms with E-state index in [0.717, 1.165) is 18.8 Å². The quantitative estimate of drug-likeness (QED) is 0.164. The highest BCUT2D eigenvalue weighted by atomic mass is 16.6. The molecule has 0 aromatic heterocycles. The zero-order chi connectivity index (χ0) is 24.3. The number of ether oxygens (including phenoxy) is 2. The Morgan fingerprint density at radius 1 is 0.758 bits per heavy atom. The molecular formula is C27H43NO5. The summed E-state index contributed by atoms with van der Waals surface area (Å²) in [6.07, 6.45) is 14.4. The monoisotopic (exact) mass is 461 g/mol. The average molecular weight is 462 g/mol. The van der Waals surface area contributed by atoms with Crippen molar-refractivity contribution in [2.24, 2.45) is 11.7 Å². The van der Waals surface area contributed by atoms with Gasteiger partial charge in [-0.05, 0) is 30.9 Å². The Bertz CT molecular complexity index is 674. The van der Waals surface area contributed by atoms with Gasteiger partial charge in [0.25, 0.3) is 0 Å². The molecule has 186 valence electrons. The first-order chi connectivity index (χ1) is 15.9. The maximum Gasteiger partial charge on any atom is 0.352 e. The Labute approximate surface area is 199 Å². The molecule has 0 saturated carbocycles. The van der Waals surface area contributed by atoms with Crippen molar-refractivity contribution < 1.29 is 23.9 Å². The van der Waals surface area contributed by atoms with Crippen LogP contribution in [0.25, 0.3) is 0 Å². The summed E-state index contributed by atoms with van der Waals surface area (Å²) in [5, 5.41) is 0. The lowest BCUT2D eigenvalue weighted by molar-refractivity contribution is -0.155. The molecule has 33 heavy (non-hydrogen) atoms. The molecule has 1 atom stereocenters. The number of esters is 3. The number of hydrogen-bond acceptors (Lipinski definition) is 6. The van der Waals surface area contributed by atoms with E-state index in [4.69, 9.17) is 10.5 Å². The number of carbonyl (C=O) groups excluding carboxylic acids is 3. The van der Waals surface area contributed by atoms with Gasteiger partial charge in [-0.25, -0.2) is 9.59 Å². The Hall–Kier alpha value is -2.21. The summed E-state index contributed by atoms with van der Waals surface area (Å²) in [4.78, 5) is 35.2. The van der Waals surface area contributed by atoms with Crippen molar-refractivity contribution in [3.8, 4) is 0 Å². The van der Waals surface area contributed by atoms with Gasteiger partial charge in [0, 0.05) is 12.5 Å². The average Bonchev–Trinajstić information content (AvgIpc) is 2.80. The summed E-state index contributed by atoms with van der Waals surface area (Å²) < 4.78 is 9.55. The van der Waals surface area contributed by atoms with Crippen molar-refractivity contribution >= 4 is 17.9 Å². The molecule has 0 aliphatic heterocycles. The summed E-state index contributed by atoms with van der Waals surface area (Å²) in [5.41, 5.74) is 6.36. The van der Waals surface area contributed by atoms with Gasteiger partial charge in [0.05, 0.1) is 5.56 Å². The lowest BCUT2D eigenvalue weighted by Gasteiger charge is -2.11. The highest BCUT2D eigenvalue weighted by Crippen LogP contribution is 2.14. The van der Waals surface area contributed by atoms with E-state index in [1.54, 1.807) is 30.3 Å². The van der Waals surface area contributed by atoms with Crippen molar-refractivity contribution in [1.29, 1.82) is 0 Å². The minimum atomic E-state index is -0.892. The van der Waals surface area contributed by atoms with Crippen molar-refractivity contribution in [2.45, 2.75) is 103 Å². The number of hydrogen-bond donors (Lipinski definition) is 1. The Morgan fingerprint density at radius 3 is 1.88 bits per heavy atom. The highest BCUT2D eigenvalue weighted by Gasteiger charge is 2.15. The number of nitrogens with two attached hydrogens (primary N) is 1. The zero-order valence-electron chi connectivity index (χ0n) is 20.6. The lowest BCUT2D eigenvalue weighted by atomic mass is 10.0. The Balaban J connectivity index is 1.96. The van der Waals surface area contributed by atoms with Crippen LogP contribution in [0.3, 0.4) is 0 Å². The van der Waals surface area contributed by atoms with Gasteiger partial charge in [-0.3, -0.25) is 4.79 Å². The minimum absolute atomic E-state index is 0.0508. The summed E-state index contributed by atoms with van der Waals surface area (Å²) in [6.45, 7) is 3.99. The fourth-order valence-corrected chi connectivity index (χ4v) is 3.62. The normalized spacial score (nSPS) is 11.9. The zero-order valence-corrected chi connectivity index (χ0v) is 20.6. The van der Waals surface area contributed by atoms with E-state index in [0.29, 0.717) is 6.42 Å². The first-order valence-corrected chi connectivity index (χ1v) is 12.6. The third-order valence-electron chi connectivity index (χ3n) is 5.64. The number of carbonyl (C=O) groups is 3. The molecule has 6 heteroatoms.